The fourth-order valence-corrected chi connectivity index (χ4v) is 1.35. The molecule has 98 valence electrons. The molecule has 1 heterocycles. The molecule has 0 radical (unpaired) electrons. The van der Waals surface area contributed by atoms with E-state index in [-0.39, 0.29) is 23.9 Å². The van der Waals surface area contributed by atoms with E-state index in [2.05, 4.69) is 10.3 Å². The molecule has 1 rings (SSSR count). The number of hydrogen-bond donors (Lipinski definition) is 3. The molecule has 1 amide bonds. The van der Waals surface area contributed by atoms with Gasteiger partial charge in [-0.25, -0.2) is 0 Å². The summed E-state index contributed by atoms with van der Waals surface area (Å²) in [4.78, 5) is 25.6. The van der Waals surface area contributed by atoms with Crippen LogP contribution in [0.3, 0.4) is 0 Å². The quantitative estimate of drug-likeness (QED) is 0.631. The predicted octanol–water partition coefficient (Wildman–Crippen LogP) is -0.185. The van der Waals surface area contributed by atoms with Crippen molar-refractivity contribution in [2.45, 2.75) is 26.1 Å². The van der Waals surface area contributed by atoms with Gasteiger partial charge in [-0.2, -0.15) is 0 Å². The van der Waals surface area contributed by atoms with E-state index < -0.39 is 12.2 Å². The van der Waals surface area contributed by atoms with Crippen molar-refractivity contribution in [2.75, 3.05) is 6.54 Å². The maximum atomic E-state index is 11.0. The van der Waals surface area contributed by atoms with Crippen molar-refractivity contribution in [1.82, 2.24) is 10.3 Å². The number of amides is 1. The van der Waals surface area contributed by atoms with Gasteiger partial charge in [0, 0.05) is 25.2 Å². The van der Waals surface area contributed by atoms with Crippen molar-refractivity contribution >= 4 is 11.7 Å². The van der Waals surface area contributed by atoms with Crippen molar-refractivity contribution in [3.05, 3.63) is 29.6 Å². The second-order valence-electron chi connectivity index (χ2n) is 3.98. The first-order valence-electron chi connectivity index (χ1n) is 5.49. The summed E-state index contributed by atoms with van der Waals surface area (Å²) in [7, 11) is 0. The number of Topliss-reactive ketones (excluding diaryl/α,β-unsaturated/α-hetero) is 1. The Balaban J connectivity index is 2.68. The topological polar surface area (TPSA) is 99.5 Å². The number of hydrogen-bond acceptors (Lipinski definition) is 5. The Labute approximate surface area is 105 Å². The number of carbonyl (C=O) groups excluding carboxylic acids is 2. The van der Waals surface area contributed by atoms with E-state index in [4.69, 9.17) is 0 Å². The molecule has 0 bridgehead atoms. The molecule has 2 atom stereocenters. The number of aromatic nitrogens is 1. The van der Waals surface area contributed by atoms with Crippen LogP contribution in [0.4, 0.5) is 0 Å². The highest BCUT2D eigenvalue weighted by Crippen LogP contribution is 2.14. The molecule has 0 aliphatic rings. The van der Waals surface area contributed by atoms with Crippen LogP contribution in [0, 0.1) is 0 Å². The Kier molecular flexibility index (Phi) is 4.94. The molecular weight excluding hydrogens is 236 g/mol. The van der Waals surface area contributed by atoms with Gasteiger partial charge in [-0.3, -0.25) is 14.6 Å². The summed E-state index contributed by atoms with van der Waals surface area (Å²) < 4.78 is 0. The third-order valence-electron chi connectivity index (χ3n) is 2.42. The van der Waals surface area contributed by atoms with E-state index in [1.165, 1.54) is 32.2 Å². The molecule has 3 N–H and O–H groups in total. The van der Waals surface area contributed by atoms with Crippen LogP contribution in [-0.2, 0) is 4.79 Å². The minimum atomic E-state index is -1.21. The molecule has 0 spiro atoms. The lowest BCUT2D eigenvalue weighted by Crippen LogP contribution is -2.34. The molecule has 1 aromatic heterocycles. The lowest BCUT2D eigenvalue weighted by molar-refractivity contribution is -0.119. The summed E-state index contributed by atoms with van der Waals surface area (Å²) in [6, 6.07) is 3.00. The Bertz CT molecular complexity index is 430. The first kappa shape index (κ1) is 14.3. The highest BCUT2D eigenvalue weighted by molar-refractivity contribution is 5.93. The Morgan fingerprint density at radius 1 is 1.33 bits per heavy atom. The summed E-state index contributed by atoms with van der Waals surface area (Å²) in [5, 5.41) is 21.8. The Morgan fingerprint density at radius 3 is 2.44 bits per heavy atom. The fourth-order valence-electron chi connectivity index (χ4n) is 1.35. The maximum absolute atomic E-state index is 11.0. The summed E-state index contributed by atoms with van der Waals surface area (Å²) in [5.41, 5.74) is 0.681. The lowest BCUT2D eigenvalue weighted by Gasteiger charge is -2.17. The van der Waals surface area contributed by atoms with Crippen LogP contribution in [0.5, 0.6) is 0 Å². The van der Waals surface area contributed by atoms with Gasteiger partial charge in [0.25, 0.3) is 0 Å². The SMILES string of the molecule is CC(=O)NCC(O)C(O)c1ccc(C(C)=O)cn1. The van der Waals surface area contributed by atoms with Gasteiger partial charge in [0.05, 0.1) is 5.69 Å². The molecule has 1 aromatic rings. The van der Waals surface area contributed by atoms with Crippen LogP contribution < -0.4 is 5.32 Å². The number of nitrogens with one attached hydrogen (secondary N) is 1. The fraction of sp³-hybridized carbons (Fsp3) is 0.417. The zero-order valence-corrected chi connectivity index (χ0v) is 10.3. The van der Waals surface area contributed by atoms with E-state index in [9.17, 15) is 19.8 Å². The number of ketones is 1. The lowest BCUT2D eigenvalue weighted by atomic mass is 10.1. The number of nitrogens with zero attached hydrogens (tertiary/aromatic N) is 1. The Morgan fingerprint density at radius 2 is 2.00 bits per heavy atom. The monoisotopic (exact) mass is 252 g/mol. The van der Waals surface area contributed by atoms with Gasteiger partial charge >= 0.3 is 0 Å². The summed E-state index contributed by atoms with van der Waals surface area (Å²) in [6.07, 6.45) is -1.02. The van der Waals surface area contributed by atoms with Crippen molar-refractivity contribution in [1.29, 1.82) is 0 Å². The molecule has 0 aliphatic carbocycles. The average Bonchev–Trinajstić information content (AvgIpc) is 2.35. The normalized spacial score (nSPS) is 13.8. The zero-order valence-electron chi connectivity index (χ0n) is 10.3. The molecule has 0 saturated heterocycles. The highest BCUT2D eigenvalue weighted by Gasteiger charge is 2.19. The minimum Gasteiger partial charge on any atom is -0.388 e. The number of carbonyl (C=O) groups is 2. The van der Waals surface area contributed by atoms with Crippen LogP contribution >= 0.6 is 0 Å². The van der Waals surface area contributed by atoms with Gasteiger partial charge in [0.2, 0.25) is 5.91 Å². The second-order valence-corrected chi connectivity index (χ2v) is 3.98. The van der Waals surface area contributed by atoms with Crippen molar-refractivity contribution < 1.29 is 19.8 Å². The van der Waals surface area contributed by atoms with E-state index >= 15 is 0 Å². The molecule has 2 unspecified atom stereocenters. The maximum Gasteiger partial charge on any atom is 0.216 e. The Hall–Kier alpha value is -1.79. The summed E-state index contributed by atoms with van der Waals surface area (Å²) in [6.45, 7) is 2.67. The molecular formula is C12H16N2O4. The third-order valence-corrected chi connectivity index (χ3v) is 2.42. The van der Waals surface area contributed by atoms with Crippen molar-refractivity contribution in [3.63, 3.8) is 0 Å². The summed E-state index contributed by atoms with van der Waals surface area (Å²) in [5.74, 6) is -0.413. The standard InChI is InChI=1S/C12H16N2O4/c1-7(15)9-3-4-10(14-5-9)12(18)11(17)6-13-8(2)16/h3-5,11-12,17-18H,6H2,1-2H3,(H,13,16). The van der Waals surface area contributed by atoms with E-state index in [0.717, 1.165) is 0 Å². The molecule has 0 fully saturated rings. The third kappa shape index (κ3) is 3.90. The zero-order chi connectivity index (χ0) is 13.7. The van der Waals surface area contributed by atoms with Crippen LogP contribution in [0.15, 0.2) is 18.3 Å². The predicted molar refractivity (Wildman–Crippen MR) is 63.9 cm³/mol. The number of aliphatic hydroxyl groups is 2. The molecule has 6 nitrogen and oxygen atoms in total. The average molecular weight is 252 g/mol. The molecule has 18 heavy (non-hydrogen) atoms. The van der Waals surface area contributed by atoms with E-state index in [0.29, 0.717) is 5.56 Å². The second kappa shape index (κ2) is 6.23. The highest BCUT2D eigenvalue weighted by atomic mass is 16.3. The van der Waals surface area contributed by atoms with E-state index in [1.54, 1.807) is 0 Å². The molecule has 0 saturated carbocycles. The minimum absolute atomic E-state index is 0.0629. The van der Waals surface area contributed by atoms with Crippen molar-refractivity contribution in [2.24, 2.45) is 0 Å². The van der Waals surface area contributed by atoms with Gasteiger partial charge in [0.15, 0.2) is 5.78 Å². The first-order chi connectivity index (χ1) is 8.41. The van der Waals surface area contributed by atoms with Crippen LogP contribution in [0.2, 0.25) is 0 Å². The summed E-state index contributed by atoms with van der Waals surface area (Å²) >= 11 is 0. The van der Waals surface area contributed by atoms with Crippen molar-refractivity contribution in [3.8, 4) is 0 Å². The smallest absolute Gasteiger partial charge is 0.216 e. The van der Waals surface area contributed by atoms with Gasteiger partial charge in [-0.1, -0.05) is 0 Å². The van der Waals surface area contributed by atoms with Gasteiger partial charge in [0.1, 0.15) is 12.2 Å². The van der Waals surface area contributed by atoms with Gasteiger partial charge in [-0.05, 0) is 19.1 Å². The number of aliphatic hydroxyl groups excluding tert-OH is 2. The van der Waals surface area contributed by atoms with E-state index in [1.807, 2.05) is 0 Å². The van der Waals surface area contributed by atoms with Crippen LogP contribution in [0.25, 0.3) is 0 Å². The largest absolute Gasteiger partial charge is 0.388 e. The molecule has 6 heteroatoms. The molecule has 0 aliphatic heterocycles. The van der Waals surface area contributed by atoms with Gasteiger partial charge < -0.3 is 15.5 Å². The first-order valence-corrected chi connectivity index (χ1v) is 5.49. The van der Waals surface area contributed by atoms with Crippen LogP contribution in [-0.4, -0.2) is 39.5 Å². The number of rotatable bonds is 5. The van der Waals surface area contributed by atoms with Gasteiger partial charge in [-0.15, -0.1) is 0 Å². The number of pyridine rings is 1. The van der Waals surface area contributed by atoms with Crippen LogP contribution in [0.1, 0.15) is 36.0 Å². The molecule has 0 aromatic carbocycles.